The Hall–Kier alpha value is 0. The molecule has 1 radical (unpaired) electrons. The van der Waals surface area contributed by atoms with E-state index in [0.29, 0.717) is 0 Å². The van der Waals surface area contributed by atoms with Crippen LogP contribution < -0.4 is 0 Å². The van der Waals surface area contributed by atoms with E-state index in [2.05, 4.69) is 20.8 Å². The van der Waals surface area contributed by atoms with Crippen molar-refractivity contribution in [1.82, 2.24) is 0 Å². The molecule has 0 spiro atoms. The molecule has 1 fully saturated rings. The fraction of sp³-hybridized carbons (Fsp3) is 0.917. The van der Waals surface area contributed by atoms with Crippen LogP contribution in [0.5, 0.6) is 0 Å². The van der Waals surface area contributed by atoms with Crippen LogP contribution in [-0.4, -0.2) is 0 Å². The Morgan fingerprint density at radius 1 is 1.33 bits per heavy atom. The largest absolute Gasteiger partial charge is 0.0654 e. The number of rotatable bonds is 3. The van der Waals surface area contributed by atoms with Crippen molar-refractivity contribution in [2.45, 2.75) is 59.3 Å². The van der Waals surface area contributed by atoms with E-state index in [9.17, 15) is 0 Å². The molecular formula is C12H23. The highest BCUT2D eigenvalue weighted by Gasteiger charge is 2.25. The molecule has 1 rings (SSSR count). The highest BCUT2D eigenvalue weighted by atomic mass is 14.3. The first-order valence-corrected chi connectivity index (χ1v) is 5.62. The first-order chi connectivity index (χ1) is 5.77. The Morgan fingerprint density at radius 2 is 2.08 bits per heavy atom. The molecular weight excluding hydrogens is 144 g/mol. The summed E-state index contributed by atoms with van der Waals surface area (Å²) < 4.78 is 0. The lowest BCUT2D eigenvalue weighted by atomic mass is 9.72. The van der Waals surface area contributed by atoms with E-state index in [1.54, 1.807) is 0 Å². The third kappa shape index (κ3) is 2.50. The Labute approximate surface area is 77.7 Å². The molecule has 71 valence electrons. The second kappa shape index (κ2) is 4.89. The van der Waals surface area contributed by atoms with Gasteiger partial charge in [0.15, 0.2) is 0 Å². The van der Waals surface area contributed by atoms with Gasteiger partial charge in [0.2, 0.25) is 0 Å². The van der Waals surface area contributed by atoms with Gasteiger partial charge in [-0.25, -0.2) is 0 Å². The van der Waals surface area contributed by atoms with E-state index in [1.807, 2.05) is 5.92 Å². The molecule has 2 unspecified atom stereocenters. The van der Waals surface area contributed by atoms with E-state index in [4.69, 9.17) is 0 Å². The molecule has 0 heterocycles. The van der Waals surface area contributed by atoms with Gasteiger partial charge >= 0.3 is 0 Å². The van der Waals surface area contributed by atoms with E-state index in [1.165, 1.54) is 38.5 Å². The molecule has 0 aromatic heterocycles. The summed E-state index contributed by atoms with van der Waals surface area (Å²) in [7, 11) is 0. The average Bonchev–Trinajstić information content (AvgIpc) is 2.09. The van der Waals surface area contributed by atoms with Gasteiger partial charge in [0.05, 0.1) is 0 Å². The molecule has 0 aromatic rings. The Bertz CT molecular complexity index is 117. The van der Waals surface area contributed by atoms with Crippen LogP contribution in [0.15, 0.2) is 0 Å². The summed E-state index contributed by atoms with van der Waals surface area (Å²) in [6.07, 6.45) is 8.48. The van der Waals surface area contributed by atoms with Crippen LogP contribution in [0.25, 0.3) is 0 Å². The monoisotopic (exact) mass is 167 g/mol. The summed E-state index contributed by atoms with van der Waals surface area (Å²) in [5.74, 6) is 3.80. The van der Waals surface area contributed by atoms with Crippen LogP contribution in [0, 0.1) is 17.8 Å². The van der Waals surface area contributed by atoms with Crippen molar-refractivity contribution >= 4 is 0 Å². The van der Waals surface area contributed by atoms with Gasteiger partial charge in [-0.15, -0.1) is 0 Å². The zero-order valence-corrected chi connectivity index (χ0v) is 8.90. The predicted molar refractivity (Wildman–Crippen MR) is 54.9 cm³/mol. The lowest BCUT2D eigenvalue weighted by Gasteiger charge is -2.33. The molecule has 0 bridgehead atoms. The molecule has 0 aromatic carbocycles. The van der Waals surface area contributed by atoms with Gasteiger partial charge in [-0.2, -0.15) is 0 Å². The van der Waals surface area contributed by atoms with Crippen molar-refractivity contribution in [1.29, 1.82) is 0 Å². The molecule has 1 aliphatic carbocycles. The fourth-order valence-corrected chi connectivity index (χ4v) is 2.48. The molecule has 0 nitrogen and oxygen atoms in total. The molecule has 1 aliphatic rings. The van der Waals surface area contributed by atoms with E-state index >= 15 is 0 Å². The first kappa shape index (κ1) is 10.1. The molecule has 0 amide bonds. The summed E-state index contributed by atoms with van der Waals surface area (Å²) in [4.78, 5) is 0. The van der Waals surface area contributed by atoms with Crippen molar-refractivity contribution < 1.29 is 0 Å². The lowest BCUT2D eigenvalue weighted by Crippen LogP contribution is -2.20. The minimum atomic E-state index is 0.920. The Morgan fingerprint density at radius 3 is 2.58 bits per heavy atom. The van der Waals surface area contributed by atoms with Gasteiger partial charge in [-0.05, 0) is 43.4 Å². The van der Waals surface area contributed by atoms with Crippen molar-refractivity contribution in [2.75, 3.05) is 0 Å². The number of hydrogen-bond acceptors (Lipinski definition) is 0. The molecule has 0 aliphatic heterocycles. The van der Waals surface area contributed by atoms with Crippen LogP contribution in [0.1, 0.15) is 59.3 Å². The molecule has 12 heavy (non-hydrogen) atoms. The summed E-state index contributed by atoms with van der Waals surface area (Å²) >= 11 is 0. The Balaban J connectivity index is 2.31. The maximum atomic E-state index is 2.42. The van der Waals surface area contributed by atoms with Gasteiger partial charge in [-0.1, -0.05) is 33.6 Å². The van der Waals surface area contributed by atoms with Crippen LogP contribution in [-0.2, 0) is 0 Å². The fourth-order valence-electron chi connectivity index (χ4n) is 2.48. The molecule has 0 N–H and O–H groups in total. The van der Waals surface area contributed by atoms with Crippen LogP contribution in [0.4, 0.5) is 0 Å². The topological polar surface area (TPSA) is 0 Å². The lowest BCUT2D eigenvalue weighted by molar-refractivity contribution is 0.290. The van der Waals surface area contributed by atoms with Crippen molar-refractivity contribution in [3.63, 3.8) is 0 Å². The normalized spacial score (nSPS) is 32.2. The standard InChI is InChI=1S/C12H23/c1-4-6-12-8-7-11(5-2)9-10(12)3/h10-11H,4-9H2,1-3H3. The van der Waals surface area contributed by atoms with Gasteiger partial charge in [-0.3, -0.25) is 0 Å². The van der Waals surface area contributed by atoms with Crippen LogP contribution in [0.2, 0.25) is 0 Å². The van der Waals surface area contributed by atoms with Gasteiger partial charge in [0, 0.05) is 0 Å². The molecule has 0 saturated heterocycles. The van der Waals surface area contributed by atoms with Crippen LogP contribution >= 0.6 is 0 Å². The SMILES string of the molecule is CCC[C]1CCC(CC)CC1C. The average molecular weight is 167 g/mol. The summed E-state index contributed by atoms with van der Waals surface area (Å²) in [6.45, 7) is 7.06. The summed E-state index contributed by atoms with van der Waals surface area (Å²) in [6, 6.07) is 0. The smallest absolute Gasteiger partial charge is 0.0213 e. The minimum absolute atomic E-state index is 0.920. The maximum absolute atomic E-state index is 2.42. The highest BCUT2D eigenvalue weighted by Crippen LogP contribution is 2.38. The van der Waals surface area contributed by atoms with E-state index in [-0.39, 0.29) is 0 Å². The first-order valence-electron chi connectivity index (χ1n) is 5.62. The zero-order chi connectivity index (χ0) is 8.97. The van der Waals surface area contributed by atoms with Gasteiger partial charge in [0.25, 0.3) is 0 Å². The summed E-state index contributed by atoms with van der Waals surface area (Å²) in [5, 5.41) is 0. The van der Waals surface area contributed by atoms with Crippen molar-refractivity contribution in [3.8, 4) is 0 Å². The van der Waals surface area contributed by atoms with Gasteiger partial charge in [0.1, 0.15) is 0 Å². The molecule has 0 heteroatoms. The van der Waals surface area contributed by atoms with Crippen LogP contribution in [0.3, 0.4) is 0 Å². The third-order valence-electron chi connectivity index (χ3n) is 3.41. The summed E-state index contributed by atoms with van der Waals surface area (Å²) in [5.41, 5.74) is 0. The third-order valence-corrected chi connectivity index (χ3v) is 3.41. The Kier molecular flexibility index (Phi) is 4.11. The van der Waals surface area contributed by atoms with Gasteiger partial charge < -0.3 is 0 Å². The second-order valence-electron chi connectivity index (χ2n) is 4.36. The van der Waals surface area contributed by atoms with Crippen molar-refractivity contribution in [2.24, 2.45) is 11.8 Å². The molecule has 2 atom stereocenters. The number of hydrogen-bond donors (Lipinski definition) is 0. The predicted octanol–water partition coefficient (Wildman–Crippen LogP) is 4.21. The molecule has 1 saturated carbocycles. The van der Waals surface area contributed by atoms with Crippen molar-refractivity contribution in [3.05, 3.63) is 5.92 Å². The highest BCUT2D eigenvalue weighted by molar-refractivity contribution is 4.98. The quantitative estimate of drug-likeness (QED) is 0.590. The second-order valence-corrected chi connectivity index (χ2v) is 4.36. The van der Waals surface area contributed by atoms with E-state index < -0.39 is 0 Å². The zero-order valence-electron chi connectivity index (χ0n) is 8.90. The maximum Gasteiger partial charge on any atom is -0.0213 e. The minimum Gasteiger partial charge on any atom is -0.0654 e. The van der Waals surface area contributed by atoms with E-state index in [0.717, 1.165) is 11.8 Å².